The summed E-state index contributed by atoms with van der Waals surface area (Å²) in [6.45, 7) is 0.948. The van der Waals surface area contributed by atoms with E-state index in [-0.39, 0.29) is 0 Å². The van der Waals surface area contributed by atoms with E-state index in [0.717, 1.165) is 6.92 Å². The van der Waals surface area contributed by atoms with E-state index >= 15 is 0 Å². The number of alkyl halides is 4. The topological polar surface area (TPSA) is 115 Å². The minimum atomic E-state index is -5.12. The molecule has 1 amide bonds. The molecule has 0 aromatic heterocycles. The van der Waals surface area contributed by atoms with Gasteiger partial charge in [-0.1, -0.05) is 11.6 Å². The Morgan fingerprint density at radius 2 is 1.74 bits per heavy atom. The van der Waals surface area contributed by atoms with Gasteiger partial charge in [0.05, 0.1) is 27.2 Å². The Balaban J connectivity index is 3.49. The zero-order valence-corrected chi connectivity index (χ0v) is 11.7. The van der Waals surface area contributed by atoms with E-state index in [1.165, 1.54) is 5.32 Å². The average molecular weight is 360 g/mol. The maximum absolute atomic E-state index is 12.9. The van der Waals surface area contributed by atoms with E-state index in [0.29, 0.717) is 6.07 Å². The molecule has 1 N–H and O–H groups in total. The van der Waals surface area contributed by atoms with Gasteiger partial charge in [-0.25, -0.2) is 8.78 Å². The highest BCUT2D eigenvalue weighted by Crippen LogP contribution is 2.40. The van der Waals surface area contributed by atoms with E-state index < -0.39 is 55.8 Å². The van der Waals surface area contributed by atoms with Gasteiger partial charge in [0.1, 0.15) is 5.02 Å². The molecule has 23 heavy (non-hydrogen) atoms. The van der Waals surface area contributed by atoms with Crippen LogP contribution in [0.1, 0.15) is 5.56 Å². The summed E-state index contributed by atoms with van der Waals surface area (Å²) in [5.41, 5.74) is -3.39. The molecule has 0 saturated heterocycles. The van der Waals surface area contributed by atoms with Crippen LogP contribution < -0.4 is 5.32 Å². The highest BCUT2D eigenvalue weighted by Gasteiger charge is 2.49. The fraction of sp³-hybridized carbons (Fsp3) is 0.300. The van der Waals surface area contributed by atoms with Crippen LogP contribution >= 0.6 is 11.6 Å². The summed E-state index contributed by atoms with van der Waals surface area (Å²) in [6, 6.07) is 0.457. The molecule has 0 spiro atoms. The van der Waals surface area contributed by atoms with Gasteiger partial charge < -0.3 is 5.32 Å². The lowest BCUT2D eigenvalue weighted by Gasteiger charge is -2.16. The maximum atomic E-state index is 12.9. The van der Waals surface area contributed by atoms with Crippen LogP contribution in [0.4, 0.5) is 34.6 Å². The van der Waals surface area contributed by atoms with Crippen LogP contribution in [0.3, 0.4) is 0 Å². The second-order valence-electron chi connectivity index (χ2n) is 4.12. The Morgan fingerprint density at radius 1 is 1.26 bits per heavy atom. The summed E-state index contributed by atoms with van der Waals surface area (Å²) in [7, 11) is 0. The highest BCUT2D eigenvalue weighted by molar-refractivity contribution is 6.36. The molecule has 1 rings (SSSR count). The third-order valence-corrected chi connectivity index (χ3v) is 3.07. The predicted octanol–water partition coefficient (Wildman–Crippen LogP) is 3.30. The van der Waals surface area contributed by atoms with E-state index in [2.05, 4.69) is 0 Å². The van der Waals surface area contributed by atoms with Gasteiger partial charge in [0, 0.05) is 0 Å². The lowest BCUT2D eigenvalue weighted by atomic mass is 10.1. The largest absolute Gasteiger partial charge is 0.383 e. The number of hydrogen-bond donors (Lipinski definition) is 1. The van der Waals surface area contributed by atoms with Crippen molar-refractivity contribution >= 4 is 34.6 Å². The number of nitro benzene ring substituents is 2. The van der Waals surface area contributed by atoms with Crippen molar-refractivity contribution in [1.82, 2.24) is 0 Å². The fourth-order valence-corrected chi connectivity index (χ4v) is 1.80. The van der Waals surface area contributed by atoms with Crippen LogP contribution in [0.25, 0.3) is 0 Å². The Bertz CT molecular complexity index is 659. The van der Waals surface area contributed by atoms with Gasteiger partial charge in [-0.2, -0.15) is 8.78 Å². The SMILES string of the molecule is Cc1c([N+](=O)[O-])cc([N+](=O)[O-])c(Cl)c1NC(=O)C(F)(F)C(F)F. The van der Waals surface area contributed by atoms with Crippen molar-refractivity contribution in [2.24, 2.45) is 0 Å². The molecule has 126 valence electrons. The zero-order chi connectivity index (χ0) is 18.1. The Hall–Kier alpha value is -2.50. The van der Waals surface area contributed by atoms with Gasteiger partial charge in [0.2, 0.25) is 0 Å². The van der Waals surface area contributed by atoms with E-state index in [4.69, 9.17) is 11.6 Å². The quantitative estimate of drug-likeness (QED) is 0.492. The molecule has 8 nitrogen and oxygen atoms in total. The van der Waals surface area contributed by atoms with E-state index in [1.807, 2.05) is 0 Å². The number of amides is 1. The number of carbonyl (C=O) groups is 1. The summed E-state index contributed by atoms with van der Waals surface area (Å²) < 4.78 is 50.1. The van der Waals surface area contributed by atoms with Crippen molar-refractivity contribution < 1.29 is 32.2 Å². The number of rotatable bonds is 5. The monoisotopic (exact) mass is 359 g/mol. The van der Waals surface area contributed by atoms with Crippen LogP contribution in [-0.4, -0.2) is 28.1 Å². The second-order valence-corrected chi connectivity index (χ2v) is 4.50. The summed E-state index contributed by atoms with van der Waals surface area (Å²) in [6.07, 6.45) is -4.35. The first-order chi connectivity index (χ1) is 10.4. The number of anilines is 1. The molecule has 0 aliphatic rings. The molecule has 0 atom stereocenters. The van der Waals surface area contributed by atoms with Crippen molar-refractivity contribution in [1.29, 1.82) is 0 Å². The van der Waals surface area contributed by atoms with Crippen molar-refractivity contribution in [2.45, 2.75) is 19.3 Å². The number of nitrogens with zero attached hydrogens (tertiary/aromatic N) is 2. The third-order valence-electron chi connectivity index (χ3n) is 2.69. The normalized spacial score (nSPS) is 11.4. The van der Waals surface area contributed by atoms with Gasteiger partial charge in [-0.3, -0.25) is 25.0 Å². The average Bonchev–Trinajstić information content (AvgIpc) is 2.41. The van der Waals surface area contributed by atoms with E-state index in [9.17, 15) is 42.6 Å². The van der Waals surface area contributed by atoms with Crippen LogP contribution in [0, 0.1) is 27.2 Å². The van der Waals surface area contributed by atoms with Crippen molar-refractivity contribution in [3.63, 3.8) is 0 Å². The first-order valence-electron chi connectivity index (χ1n) is 5.50. The number of benzene rings is 1. The Morgan fingerprint density at radius 3 is 2.13 bits per heavy atom. The van der Waals surface area contributed by atoms with Crippen LogP contribution in [0.5, 0.6) is 0 Å². The number of halogens is 5. The molecular weight excluding hydrogens is 354 g/mol. The molecule has 13 heteroatoms. The lowest BCUT2D eigenvalue weighted by Crippen LogP contribution is -2.41. The fourth-order valence-electron chi connectivity index (χ4n) is 1.49. The molecule has 0 aliphatic heterocycles. The second kappa shape index (κ2) is 6.32. The van der Waals surface area contributed by atoms with Gasteiger partial charge in [-0.15, -0.1) is 0 Å². The Labute approximate surface area is 129 Å². The molecule has 0 fully saturated rings. The molecule has 0 aliphatic carbocycles. The van der Waals surface area contributed by atoms with Crippen molar-refractivity contribution in [3.05, 3.63) is 36.9 Å². The number of nitro groups is 2. The lowest BCUT2D eigenvalue weighted by molar-refractivity contribution is -0.394. The minimum Gasteiger partial charge on any atom is -0.319 e. The molecule has 0 bridgehead atoms. The number of hydrogen-bond acceptors (Lipinski definition) is 5. The molecular formula is C10H6ClF4N3O5. The van der Waals surface area contributed by atoms with Crippen LogP contribution in [-0.2, 0) is 4.79 Å². The van der Waals surface area contributed by atoms with Gasteiger partial charge in [-0.05, 0) is 6.92 Å². The van der Waals surface area contributed by atoms with Gasteiger partial charge in [0.15, 0.2) is 0 Å². The van der Waals surface area contributed by atoms with Gasteiger partial charge in [0.25, 0.3) is 11.4 Å². The summed E-state index contributed by atoms with van der Waals surface area (Å²) >= 11 is 5.55. The molecule has 0 saturated carbocycles. The standard InChI is InChI=1S/C10H6ClF4N3O5/c1-3-4(17(20)21)2-5(18(22)23)6(11)7(3)16-9(19)10(14,15)8(12)13/h2,8H,1H3,(H,16,19). The van der Waals surface area contributed by atoms with Gasteiger partial charge >= 0.3 is 18.3 Å². The first kappa shape index (κ1) is 18.5. The molecule has 0 radical (unpaired) electrons. The van der Waals surface area contributed by atoms with Crippen LogP contribution in [0.2, 0.25) is 5.02 Å². The third kappa shape index (κ3) is 3.47. The van der Waals surface area contributed by atoms with Crippen molar-refractivity contribution in [2.75, 3.05) is 5.32 Å². The highest BCUT2D eigenvalue weighted by atomic mass is 35.5. The molecule has 0 heterocycles. The Kier molecular flexibility index (Phi) is 5.10. The number of nitrogens with one attached hydrogen (secondary N) is 1. The smallest absolute Gasteiger partial charge is 0.319 e. The molecule has 1 aromatic carbocycles. The van der Waals surface area contributed by atoms with Crippen molar-refractivity contribution in [3.8, 4) is 0 Å². The van der Waals surface area contributed by atoms with Crippen LogP contribution in [0.15, 0.2) is 6.07 Å². The minimum absolute atomic E-state index is 0.457. The molecule has 0 unspecified atom stereocenters. The maximum Gasteiger partial charge on any atom is 0.383 e. The predicted molar refractivity (Wildman–Crippen MR) is 69.1 cm³/mol. The first-order valence-corrected chi connectivity index (χ1v) is 5.88. The summed E-state index contributed by atoms with van der Waals surface area (Å²) in [5.74, 6) is -7.62. The zero-order valence-electron chi connectivity index (χ0n) is 11.0. The number of carbonyl (C=O) groups excluding carboxylic acids is 1. The molecule has 1 aromatic rings. The van der Waals surface area contributed by atoms with E-state index in [1.54, 1.807) is 0 Å². The summed E-state index contributed by atoms with van der Waals surface area (Å²) in [4.78, 5) is 30.5. The summed E-state index contributed by atoms with van der Waals surface area (Å²) in [5, 5.41) is 22.0.